The van der Waals surface area contributed by atoms with E-state index < -0.39 is 17.7 Å². The van der Waals surface area contributed by atoms with Crippen molar-refractivity contribution in [3.8, 4) is 5.82 Å². The van der Waals surface area contributed by atoms with Crippen LogP contribution in [0, 0.1) is 13.8 Å². The monoisotopic (exact) mass is 402 g/mol. The van der Waals surface area contributed by atoms with Crippen molar-refractivity contribution in [1.82, 2.24) is 14.8 Å². The highest BCUT2D eigenvalue weighted by atomic mass is 19.4. The van der Waals surface area contributed by atoms with Crippen molar-refractivity contribution < 1.29 is 22.8 Å². The van der Waals surface area contributed by atoms with Crippen molar-refractivity contribution in [2.45, 2.75) is 26.9 Å². The normalized spacial score (nSPS) is 12.1. The number of rotatable bonds is 4. The molecule has 150 valence electrons. The van der Waals surface area contributed by atoms with Gasteiger partial charge in [-0.25, -0.2) is 14.5 Å². The van der Waals surface area contributed by atoms with Crippen molar-refractivity contribution in [1.29, 1.82) is 0 Å². The number of benzene rings is 1. The lowest BCUT2D eigenvalue weighted by atomic mass is 10.2. The minimum Gasteiger partial charge on any atom is -0.313 e. The number of alkyl halides is 3. The Bertz CT molecular complexity index is 1070. The van der Waals surface area contributed by atoms with E-state index in [0.717, 1.165) is 12.1 Å². The van der Waals surface area contributed by atoms with Gasteiger partial charge in [-0.2, -0.15) is 18.3 Å². The molecule has 1 aromatic carbocycles. The second-order valence-corrected chi connectivity index (χ2v) is 6.33. The summed E-state index contributed by atoms with van der Waals surface area (Å²) in [6, 6.07) is 10.3. The zero-order chi connectivity index (χ0) is 21.2. The molecule has 0 N–H and O–H groups in total. The summed E-state index contributed by atoms with van der Waals surface area (Å²) in [5.74, 6) is -0.583. The summed E-state index contributed by atoms with van der Waals surface area (Å²) < 4.78 is 40.6. The first-order valence-electron chi connectivity index (χ1n) is 8.59. The number of halogens is 3. The van der Waals surface area contributed by atoms with Gasteiger partial charge >= 0.3 is 12.1 Å². The summed E-state index contributed by atoms with van der Waals surface area (Å²) in [5.41, 5.74) is 1.13. The third kappa shape index (κ3) is 4.50. The number of aryl methyl sites for hydroxylation is 1. The van der Waals surface area contributed by atoms with Gasteiger partial charge in [-0.1, -0.05) is 23.4 Å². The van der Waals surface area contributed by atoms with E-state index in [-0.39, 0.29) is 11.5 Å². The number of carbonyl (C=O) groups excluding carboxylic acids is 1. The van der Waals surface area contributed by atoms with E-state index in [4.69, 9.17) is 4.84 Å². The Morgan fingerprint density at radius 1 is 1.14 bits per heavy atom. The van der Waals surface area contributed by atoms with Crippen molar-refractivity contribution >= 4 is 11.7 Å². The third-order valence-corrected chi connectivity index (χ3v) is 4.16. The van der Waals surface area contributed by atoms with Gasteiger partial charge in [0.1, 0.15) is 0 Å². The summed E-state index contributed by atoms with van der Waals surface area (Å²) in [5, 5.41) is 7.95. The Hall–Kier alpha value is -3.49. The second kappa shape index (κ2) is 7.86. The van der Waals surface area contributed by atoms with Crippen LogP contribution < -0.4 is 0 Å². The van der Waals surface area contributed by atoms with Crippen LogP contribution in [0.15, 0.2) is 53.8 Å². The highest BCUT2D eigenvalue weighted by molar-refractivity contribution is 6.00. The predicted octanol–water partition coefficient (Wildman–Crippen LogP) is 4.48. The van der Waals surface area contributed by atoms with Gasteiger partial charge in [0.15, 0.2) is 5.82 Å². The van der Waals surface area contributed by atoms with Gasteiger partial charge in [0.25, 0.3) is 0 Å². The molecule has 0 fully saturated rings. The highest BCUT2D eigenvalue weighted by Crippen LogP contribution is 2.30. The van der Waals surface area contributed by atoms with Gasteiger partial charge in [0.2, 0.25) is 0 Å². The largest absolute Gasteiger partial charge is 0.416 e. The van der Waals surface area contributed by atoms with Crippen LogP contribution in [0.1, 0.15) is 39.8 Å². The molecule has 0 amide bonds. The summed E-state index contributed by atoms with van der Waals surface area (Å²) in [4.78, 5) is 21.1. The first kappa shape index (κ1) is 20.2. The topological polar surface area (TPSA) is 69.4 Å². The number of nitrogens with zero attached hydrogens (tertiary/aromatic N) is 4. The molecule has 29 heavy (non-hydrogen) atoms. The molecule has 9 heteroatoms. The molecule has 6 nitrogen and oxygen atoms in total. The maximum Gasteiger partial charge on any atom is 0.416 e. The number of aromatic nitrogens is 3. The highest BCUT2D eigenvalue weighted by Gasteiger charge is 2.31. The number of pyridine rings is 1. The number of hydrogen-bond donors (Lipinski definition) is 0. The lowest BCUT2D eigenvalue weighted by molar-refractivity contribution is -0.137. The fourth-order valence-corrected chi connectivity index (χ4v) is 2.71. The molecule has 3 aromatic rings. The van der Waals surface area contributed by atoms with Crippen LogP contribution in [-0.2, 0) is 11.0 Å². The minimum atomic E-state index is -4.49. The molecule has 0 aliphatic carbocycles. The fraction of sp³-hybridized carbons (Fsp3) is 0.200. The molecule has 0 saturated carbocycles. The Morgan fingerprint density at radius 2 is 1.83 bits per heavy atom. The number of carbonyl (C=O) groups is 1. The molecule has 2 aromatic heterocycles. The molecular weight excluding hydrogens is 385 g/mol. The molecule has 0 aliphatic rings. The minimum absolute atomic E-state index is 0.0372. The first-order valence-corrected chi connectivity index (χ1v) is 8.59. The van der Waals surface area contributed by atoms with Gasteiger partial charge in [-0.15, -0.1) is 0 Å². The first-order chi connectivity index (χ1) is 13.7. The molecule has 0 atom stereocenters. The Morgan fingerprint density at radius 3 is 2.48 bits per heavy atom. The van der Waals surface area contributed by atoms with Crippen molar-refractivity contribution in [2.75, 3.05) is 0 Å². The van der Waals surface area contributed by atoms with E-state index in [0.29, 0.717) is 22.5 Å². The molecule has 0 radical (unpaired) electrons. The van der Waals surface area contributed by atoms with Gasteiger partial charge in [-0.3, -0.25) is 0 Å². The Kier molecular flexibility index (Phi) is 5.49. The van der Waals surface area contributed by atoms with E-state index in [2.05, 4.69) is 15.2 Å². The van der Waals surface area contributed by atoms with E-state index in [1.807, 2.05) is 0 Å². The van der Waals surface area contributed by atoms with Gasteiger partial charge in [0, 0.05) is 11.3 Å². The van der Waals surface area contributed by atoms with E-state index in [1.54, 1.807) is 44.2 Å². The zero-order valence-corrected chi connectivity index (χ0v) is 15.9. The fourth-order valence-electron chi connectivity index (χ4n) is 2.71. The lowest BCUT2D eigenvalue weighted by Gasteiger charge is -2.11. The van der Waals surface area contributed by atoms with Crippen molar-refractivity contribution in [3.05, 3.63) is 76.7 Å². The maximum atomic E-state index is 13.1. The second-order valence-electron chi connectivity index (χ2n) is 6.33. The third-order valence-electron chi connectivity index (χ3n) is 4.16. The number of hydrogen-bond acceptors (Lipinski definition) is 5. The molecule has 0 saturated heterocycles. The summed E-state index contributed by atoms with van der Waals surface area (Å²) in [7, 11) is 0. The van der Waals surface area contributed by atoms with Crippen LogP contribution in [0.2, 0.25) is 0 Å². The lowest BCUT2D eigenvalue weighted by Crippen LogP contribution is -2.10. The van der Waals surface area contributed by atoms with E-state index in [1.165, 1.54) is 17.8 Å². The maximum absolute atomic E-state index is 13.1. The summed E-state index contributed by atoms with van der Waals surface area (Å²) in [6.45, 7) is 4.75. The van der Waals surface area contributed by atoms with Crippen LogP contribution >= 0.6 is 0 Å². The van der Waals surface area contributed by atoms with E-state index in [9.17, 15) is 18.0 Å². The molecule has 0 aliphatic heterocycles. The summed E-state index contributed by atoms with van der Waals surface area (Å²) in [6.07, 6.45) is -3.06. The predicted molar refractivity (Wildman–Crippen MR) is 99.9 cm³/mol. The quantitative estimate of drug-likeness (QED) is 0.366. The molecule has 2 heterocycles. The summed E-state index contributed by atoms with van der Waals surface area (Å²) >= 11 is 0. The van der Waals surface area contributed by atoms with Crippen molar-refractivity contribution in [2.24, 2.45) is 5.16 Å². The Labute approximate surface area is 164 Å². The van der Waals surface area contributed by atoms with E-state index >= 15 is 0 Å². The molecule has 0 unspecified atom stereocenters. The molecule has 0 spiro atoms. The molecule has 3 rings (SSSR count). The van der Waals surface area contributed by atoms with Gasteiger partial charge in [0.05, 0.1) is 28.7 Å². The van der Waals surface area contributed by atoms with Crippen LogP contribution in [-0.4, -0.2) is 26.4 Å². The van der Waals surface area contributed by atoms with Gasteiger partial charge in [-0.05, 0) is 45.0 Å². The SMILES string of the molecule is C/C(=N/OC(=O)c1ccccc1)c1cnn(-c2cc(C(F)(F)F)cc(C)n2)c1C. The standard InChI is InChI=1S/C20H17F3N4O2/c1-12-9-16(20(21,22)23)10-18(25-12)27-14(3)17(11-24-27)13(2)26-29-19(28)15-7-5-4-6-8-15/h4-11H,1-3H3/b26-13-. The number of oxime groups is 1. The average Bonchev–Trinajstić information content (AvgIpc) is 3.07. The van der Waals surface area contributed by atoms with Crippen LogP contribution in [0.25, 0.3) is 5.82 Å². The molecular formula is C20H17F3N4O2. The average molecular weight is 402 g/mol. The van der Waals surface area contributed by atoms with Crippen LogP contribution in [0.3, 0.4) is 0 Å². The van der Waals surface area contributed by atoms with Crippen LogP contribution in [0.5, 0.6) is 0 Å². The van der Waals surface area contributed by atoms with Gasteiger partial charge < -0.3 is 4.84 Å². The van der Waals surface area contributed by atoms with Crippen molar-refractivity contribution in [3.63, 3.8) is 0 Å². The molecule has 0 bridgehead atoms. The Balaban J connectivity index is 1.88. The van der Waals surface area contributed by atoms with Crippen LogP contribution in [0.4, 0.5) is 13.2 Å². The zero-order valence-electron chi connectivity index (χ0n) is 15.9. The smallest absolute Gasteiger partial charge is 0.313 e.